The van der Waals surface area contributed by atoms with Crippen molar-refractivity contribution in [3.05, 3.63) is 44.4 Å². The van der Waals surface area contributed by atoms with Crippen molar-refractivity contribution in [2.24, 2.45) is 0 Å². The summed E-state index contributed by atoms with van der Waals surface area (Å²) in [6.45, 7) is 1.63. The summed E-state index contributed by atoms with van der Waals surface area (Å²) in [5.74, 6) is -1.76. The molecule has 7 heteroatoms. The van der Waals surface area contributed by atoms with Gasteiger partial charge in [0.05, 0.1) is 12.5 Å². The van der Waals surface area contributed by atoms with Gasteiger partial charge in [0, 0.05) is 15.8 Å². The molecule has 0 saturated heterocycles. The predicted octanol–water partition coefficient (Wildman–Crippen LogP) is 2.33. The molecule has 2 atom stereocenters. The number of aldehydes is 1. The van der Waals surface area contributed by atoms with Gasteiger partial charge in [-0.2, -0.15) is 0 Å². The molecule has 0 saturated carbocycles. The highest BCUT2D eigenvalue weighted by molar-refractivity contribution is 9.10. The number of benzene rings is 1. The van der Waals surface area contributed by atoms with E-state index in [0.29, 0.717) is 11.8 Å². The van der Waals surface area contributed by atoms with E-state index in [1.165, 1.54) is 0 Å². The fourth-order valence-corrected chi connectivity index (χ4v) is 2.15. The molecule has 6 nitrogen and oxygen atoms in total. The van der Waals surface area contributed by atoms with E-state index in [1.807, 2.05) is 0 Å². The van der Waals surface area contributed by atoms with Gasteiger partial charge in [-0.15, -0.1) is 0 Å². The maximum atomic E-state index is 11.8. The zero-order valence-corrected chi connectivity index (χ0v) is 12.4. The summed E-state index contributed by atoms with van der Waals surface area (Å²) in [4.78, 5) is 33.0. The van der Waals surface area contributed by atoms with E-state index in [-0.39, 0.29) is 13.0 Å². The van der Waals surface area contributed by atoms with Gasteiger partial charge in [0.2, 0.25) is 0 Å². The molecule has 0 aliphatic carbocycles. The Bertz CT molecular complexity index is 488. The summed E-state index contributed by atoms with van der Waals surface area (Å²) in [6, 6.07) is 5.12. The zero-order chi connectivity index (χ0) is 15.1. The first-order valence-electron chi connectivity index (χ1n) is 6.00. The first-order chi connectivity index (χ1) is 9.51. The fourth-order valence-electron chi connectivity index (χ4n) is 1.89. The molecule has 0 radical (unpaired) electrons. The number of carbonyl (C=O) groups excluding carboxylic acids is 2. The maximum Gasteiger partial charge on any atom is 0.382 e. The lowest BCUT2D eigenvalue weighted by Crippen LogP contribution is -2.37. The van der Waals surface area contributed by atoms with Gasteiger partial charge in [-0.05, 0) is 24.6 Å². The smallest absolute Gasteiger partial charge is 0.382 e. The molecule has 0 heterocycles. The monoisotopic (exact) mass is 343 g/mol. The summed E-state index contributed by atoms with van der Waals surface area (Å²) < 4.78 is 5.54. The van der Waals surface area contributed by atoms with E-state index in [4.69, 9.17) is 4.74 Å². The van der Waals surface area contributed by atoms with Crippen LogP contribution in [0.1, 0.15) is 24.8 Å². The second-order valence-electron chi connectivity index (χ2n) is 4.04. The summed E-state index contributed by atoms with van der Waals surface area (Å²) in [5, 5.41) is 11.2. The summed E-state index contributed by atoms with van der Waals surface area (Å²) in [5.41, 5.74) is 0.551. The van der Waals surface area contributed by atoms with Crippen molar-refractivity contribution < 1.29 is 19.2 Å². The first kappa shape index (κ1) is 16.3. The first-order valence-corrected chi connectivity index (χ1v) is 6.79. The van der Waals surface area contributed by atoms with Gasteiger partial charge in [0.15, 0.2) is 0 Å². The van der Waals surface area contributed by atoms with Gasteiger partial charge in [-0.1, -0.05) is 28.1 Å². The highest BCUT2D eigenvalue weighted by Gasteiger charge is 2.40. The van der Waals surface area contributed by atoms with E-state index in [0.717, 1.165) is 4.47 Å². The molecule has 0 fully saturated rings. The topological polar surface area (TPSA) is 86.5 Å². The van der Waals surface area contributed by atoms with Crippen LogP contribution in [0.4, 0.5) is 0 Å². The number of esters is 1. The van der Waals surface area contributed by atoms with E-state index in [1.54, 1.807) is 31.2 Å². The fraction of sp³-hybridized carbons (Fsp3) is 0.385. The molecule has 0 bridgehead atoms. The minimum atomic E-state index is -1.58. The SMILES string of the molecule is CCOC(=O)C([C@@H](CC=O)c1ccc(Br)cc1)[N+](=O)[O-]. The normalized spacial score (nSPS) is 13.3. The molecule has 0 aliphatic rings. The van der Waals surface area contributed by atoms with Crippen molar-refractivity contribution in [3.63, 3.8) is 0 Å². The zero-order valence-electron chi connectivity index (χ0n) is 10.8. The lowest BCUT2D eigenvalue weighted by molar-refractivity contribution is -0.514. The second kappa shape index (κ2) is 7.74. The summed E-state index contributed by atoms with van der Waals surface area (Å²) >= 11 is 3.26. The molecule has 0 spiro atoms. The largest absolute Gasteiger partial charge is 0.461 e. The van der Waals surface area contributed by atoms with Crippen LogP contribution in [0.25, 0.3) is 0 Å². The van der Waals surface area contributed by atoms with Crippen molar-refractivity contribution in [1.29, 1.82) is 0 Å². The molecule has 1 unspecified atom stereocenters. The average Bonchev–Trinajstić information content (AvgIpc) is 2.39. The van der Waals surface area contributed by atoms with E-state index in [9.17, 15) is 19.7 Å². The van der Waals surface area contributed by atoms with Crippen molar-refractivity contribution in [2.75, 3.05) is 6.61 Å². The maximum absolute atomic E-state index is 11.8. The van der Waals surface area contributed by atoms with Crippen LogP contribution in [0.15, 0.2) is 28.7 Å². The molecule has 0 amide bonds. The van der Waals surface area contributed by atoms with Crippen molar-refractivity contribution >= 4 is 28.2 Å². The van der Waals surface area contributed by atoms with Gasteiger partial charge in [-0.3, -0.25) is 10.1 Å². The van der Waals surface area contributed by atoms with Crippen LogP contribution in [0.3, 0.4) is 0 Å². The Hall–Kier alpha value is -1.76. The van der Waals surface area contributed by atoms with Gasteiger partial charge in [-0.25, -0.2) is 4.79 Å². The van der Waals surface area contributed by atoms with Gasteiger partial charge in [0.25, 0.3) is 0 Å². The van der Waals surface area contributed by atoms with Crippen LogP contribution in [0, 0.1) is 10.1 Å². The van der Waals surface area contributed by atoms with Crippen molar-refractivity contribution in [2.45, 2.75) is 25.3 Å². The molecular weight excluding hydrogens is 330 g/mol. The minimum absolute atomic E-state index is 0.0529. The van der Waals surface area contributed by atoms with Crippen LogP contribution in [0.2, 0.25) is 0 Å². The molecule has 20 heavy (non-hydrogen) atoms. The van der Waals surface area contributed by atoms with Gasteiger partial charge in [0.1, 0.15) is 6.29 Å². The second-order valence-corrected chi connectivity index (χ2v) is 4.96. The van der Waals surface area contributed by atoms with E-state index in [2.05, 4.69) is 15.9 Å². The van der Waals surface area contributed by atoms with Crippen LogP contribution < -0.4 is 0 Å². The third kappa shape index (κ3) is 4.12. The number of carbonyl (C=O) groups is 2. The molecule has 1 aromatic carbocycles. The number of hydrogen-bond acceptors (Lipinski definition) is 5. The Balaban J connectivity index is 3.13. The van der Waals surface area contributed by atoms with E-state index < -0.39 is 22.9 Å². The Morgan fingerprint density at radius 3 is 2.50 bits per heavy atom. The Morgan fingerprint density at radius 1 is 1.45 bits per heavy atom. The summed E-state index contributed by atoms with van der Waals surface area (Å²) in [6.07, 6.45) is 0.453. The molecule has 1 rings (SSSR count). The highest BCUT2D eigenvalue weighted by Crippen LogP contribution is 2.27. The van der Waals surface area contributed by atoms with Crippen LogP contribution in [-0.2, 0) is 14.3 Å². The van der Waals surface area contributed by atoms with Crippen molar-refractivity contribution in [1.82, 2.24) is 0 Å². The number of rotatable bonds is 7. The number of hydrogen-bond donors (Lipinski definition) is 0. The lowest BCUT2D eigenvalue weighted by Gasteiger charge is -2.18. The number of nitro groups is 1. The number of ether oxygens (including phenoxy) is 1. The third-order valence-corrected chi connectivity index (χ3v) is 3.31. The Morgan fingerprint density at radius 2 is 2.05 bits per heavy atom. The van der Waals surface area contributed by atoms with Gasteiger partial charge >= 0.3 is 12.0 Å². The lowest BCUT2D eigenvalue weighted by atomic mass is 9.89. The third-order valence-electron chi connectivity index (χ3n) is 2.78. The van der Waals surface area contributed by atoms with Crippen LogP contribution in [0.5, 0.6) is 0 Å². The van der Waals surface area contributed by atoms with Gasteiger partial charge < -0.3 is 9.53 Å². The molecule has 0 N–H and O–H groups in total. The quantitative estimate of drug-likeness (QED) is 0.328. The number of nitrogens with zero attached hydrogens (tertiary/aromatic N) is 1. The van der Waals surface area contributed by atoms with Crippen LogP contribution >= 0.6 is 15.9 Å². The summed E-state index contributed by atoms with van der Waals surface area (Å²) in [7, 11) is 0. The molecule has 0 aromatic heterocycles. The standard InChI is InChI=1S/C13H14BrNO5/c1-2-20-13(17)12(15(18)19)11(7-8-16)9-3-5-10(14)6-4-9/h3-6,8,11-12H,2,7H2,1H3/t11-,12?/m0/s1. The minimum Gasteiger partial charge on any atom is -0.461 e. The molecule has 0 aliphatic heterocycles. The molecule has 108 valence electrons. The van der Waals surface area contributed by atoms with E-state index >= 15 is 0 Å². The molecular formula is C13H14BrNO5. The highest BCUT2D eigenvalue weighted by atomic mass is 79.9. The predicted molar refractivity (Wildman–Crippen MR) is 75.0 cm³/mol. The average molecular weight is 344 g/mol. The van der Waals surface area contributed by atoms with Crippen molar-refractivity contribution in [3.8, 4) is 0 Å². The molecule has 1 aromatic rings. The Kier molecular flexibility index (Phi) is 6.30. The Labute approximate surface area is 124 Å². The van der Waals surface area contributed by atoms with Crippen LogP contribution in [-0.4, -0.2) is 29.8 Å². The number of halogens is 1.